The maximum absolute atomic E-state index is 13.9. The Hall–Kier alpha value is -3.41. The minimum absolute atomic E-state index is 0.0605. The lowest BCUT2D eigenvalue weighted by Gasteiger charge is -2.08. The van der Waals surface area contributed by atoms with Crippen molar-refractivity contribution in [2.24, 2.45) is 0 Å². The Morgan fingerprint density at radius 3 is 2.21 bits per heavy atom. The number of ether oxygens (including phenoxy) is 2. The number of phenolic OH excluding ortho intramolecular Hbond substituents is 1. The molecule has 0 radical (unpaired) electrons. The third-order valence-corrected chi connectivity index (χ3v) is 3.19. The van der Waals surface area contributed by atoms with E-state index in [1.54, 1.807) is 6.08 Å². The predicted octanol–water partition coefficient (Wildman–Crippen LogP) is 6.64. The molecule has 6 heteroatoms. The molecule has 0 spiro atoms. The van der Waals surface area contributed by atoms with Gasteiger partial charge in [-0.15, -0.1) is 6.58 Å². The quantitative estimate of drug-likeness (QED) is 0.284. The molecule has 0 bridgehead atoms. The second-order valence-corrected chi connectivity index (χ2v) is 5.56. The molecule has 1 rings (SSSR count). The number of rotatable bonds is 9. The topological polar surface area (TPSA) is 38.7 Å². The molecule has 0 unspecified atom stereocenters. The summed E-state index contributed by atoms with van der Waals surface area (Å²) < 4.78 is 50.8. The summed E-state index contributed by atoms with van der Waals surface area (Å²) >= 11 is 0. The number of methoxy groups -OCH3 is 1. The van der Waals surface area contributed by atoms with E-state index in [0.29, 0.717) is 5.57 Å². The van der Waals surface area contributed by atoms with Crippen LogP contribution in [0.2, 0.25) is 0 Å². The lowest BCUT2D eigenvalue weighted by molar-refractivity contribution is 0.281. The number of hydrogen-bond donors (Lipinski definition) is 1. The average molecular weight is 406 g/mol. The Balaban J connectivity index is 0.00000245. The summed E-state index contributed by atoms with van der Waals surface area (Å²) in [6, 6.07) is 3.46. The Kier molecular flexibility index (Phi) is 11.4. The highest BCUT2D eigenvalue weighted by atomic mass is 19.2. The van der Waals surface area contributed by atoms with E-state index in [0.717, 1.165) is 13.2 Å². The van der Waals surface area contributed by atoms with Gasteiger partial charge in [0.2, 0.25) is 5.83 Å². The highest BCUT2D eigenvalue weighted by Gasteiger charge is 2.14. The zero-order chi connectivity index (χ0) is 22.6. The van der Waals surface area contributed by atoms with Crippen LogP contribution >= 0.6 is 0 Å². The van der Waals surface area contributed by atoms with Crippen molar-refractivity contribution in [3.8, 4) is 11.5 Å². The van der Waals surface area contributed by atoms with Gasteiger partial charge in [0.25, 0.3) is 0 Å². The molecular formula is C23H25F3O3. The molecule has 1 aromatic rings. The predicted molar refractivity (Wildman–Crippen MR) is 111 cm³/mol. The van der Waals surface area contributed by atoms with Crippen LogP contribution in [-0.4, -0.2) is 18.8 Å². The van der Waals surface area contributed by atoms with Crippen molar-refractivity contribution >= 4 is 0 Å². The number of phenols is 1. The third-order valence-electron chi connectivity index (χ3n) is 3.19. The highest BCUT2D eigenvalue weighted by Crippen LogP contribution is 2.27. The molecule has 1 aromatic carbocycles. The average Bonchev–Trinajstić information content (AvgIpc) is 2.69. The maximum Gasteiger partial charge on any atom is 0.200 e. The van der Waals surface area contributed by atoms with Crippen LogP contribution in [-0.2, 0) is 4.74 Å². The highest BCUT2D eigenvalue weighted by molar-refractivity contribution is 5.49. The molecule has 0 aliphatic heterocycles. The second kappa shape index (κ2) is 12.9. The largest absolute Gasteiger partial charge is 0.508 e. The minimum Gasteiger partial charge on any atom is -0.508 e. The van der Waals surface area contributed by atoms with E-state index in [1.807, 2.05) is 6.92 Å². The molecule has 0 saturated heterocycles. The molecule has 156 valence electrons. The van der Waals surface area contributed by atoms with Crippen LogP contribution in [0.15, 0.2) is 103 Å². The molecule has 0 aliphatic rings. The van der Waals surface area contributed by atoms with Crippen LogP contribution in [0.1, 0.15) is 6.92 Å². The number of halogens is 3. The first-order valence-electron chi connectivity index (χ1n) is 8.30. The molecular weight excluding hydrogens is 381 g/mol. The van der Waals surface area contributed by atoms with E-state index in [2.05, 4.69) is 37.6 Å². The minimum atomic E-state index is -1.27. The van der Waals surface area contributed by atoms with Crippen LogP contribution in [0, 0.1) is 5.82 Å². The fraction of sp³-hybridized carbons (Fsp3) is 0.130. The molecule has 1 N–H and O–H groups in total. The SMILES string of the molecule is C=C(/C=C\C(=C)C(=C)/C(F)=C(/F)C(=C)OC)COc1ccc(O)cc1F.C=CC. The lowest BCUT2D eigenvalue weighted by atomic mass is 10.1. The number of hydrogen-bond acceptors (Lipinski definition) is 3. The Labute approximate surface area is 169 Å². The van der Waals surface area contributed by atoms with Gasteiger partial charge >= 0.3 is 0 Å². The first-order chi connectivity index (χ1) is 13.6. The fourth-order valence-electron chi connectivity index (χ4n) is 1.63. The zero-order valence-electron chi connectivity index (χ0n) is 16.6. The standard InChI is InChI=1S/C20H19F3O3.C3H6/c1-12(11-26-18-9-8-16(24)10-17(18)21)6-7-13(2)14(3)19(22)20(23)15(4)25-5;1-3-2/h6-10,24H,1-4,11H2,5H3;3H,1H2,2H3/b7-6-,20-19-;. The van der Waals surface area contributed by atoms with Gasteiger partial charge in [-0.05, 0) is 30.2 Å². The Bertz CT molecular complexity index is 849. The van der Waals surface area contributed by atoms with Crippen molar-refractivity contribution in [1.82, 2.24) is 0 Å². The lowest BCUT2D eigenvalue weighted by Crippen LogP contribution is -2.00. The van der Waals surface area contributed by atoms with Crippen LogP contribution in [0.5, 0.6) is 11.5 Å². The molecule has 0 heterocycles. The van der Waals surface area contributed by atoms with Crippen LogP contribution < -0.4 is 4.74 Å². The first-order valence-corrected chi connectivity index (χ1v) is 8.30. The summed E-state index contributed by atoms with van der Waals surface area (Å²) in [6.45, 7) is 19.1. The maximum atomic E-state index is 13.9. The summed E-state index contributed by atoms with van der Waals surface area (Å²) in [5.74, 6) is -3.97. The summed E-state index contributed by atoms with van der Waals surface area (Å²) in [6.07, 6.45) is 4.56. The third kappa shape index (κ3) is 8.88. The van der Waals surface area contributed by atoms with E-state index < -0.39 is 23.2 Å². The first kappa shape index (κ1) is 25.6. The molecule has 0 amide bonds. The van der Waals surface area contributed by atoms with E-state index >= 15 is 0 Å². The summed E-state index contributed by atoms with van der Waals surface area (Å²) in [7, 11) is 1.16. The Morgan fingerprint density at radius 1 is 1.10 bits per heavy atom. The van der Waals surface area contributed by atoms with E-state index in [-0.39, 0.29) is 29.3 Å². The summed E-state index contributed by atoms with van der Waals surface area (Å²) in [4.78, 5) is 0. The van der Waals surface area contributed by atoms with Gasteiger partial charge in [0.1, 0.15) is 18.1 Å². The molecule has 0 fully saturated rings. The van der Waals surface area contributed by atoms with Gasteiger partial charge in [-0.3, -0.25) is 0 Å². The number of benzene rings is 1. The van der Waals surface area contributed by atoms with Crippen molar-refractivity contribution in [2.45, 2.75) is 6.92 Å². The summed E-state index contributed by atoms with van der Waals surface area (Å²) in [5.41, 5.74) is 0.228. The monoisotopic (exact) mass is 406 g/mol. The van der Waals surface area contributed by atoms with Crippen molar-refractivity contribution in [1.29, 1.82) is 0 Å². The molecule has 29 heavy (non-hydrogen) atoms. The number of aromatic hydroxyl groups is 1. The van der Waals surface area contributed by atoms with Gasteiger partial charge in [0.05, 0.1) is 7.11 Å². The van der Waals surface area contributed by atoms with Gasteiger partial charge in [-0.1, -0.05) is 44.5 Å². The molecule has 3 nitrogen and oxygen atoms in total. The number of allylic oxidation sites excluding steroid dienone is 6. The van der Waals surface area contributed by atoms with Gasteiger partial charge in [0.15, 0.2) is 17.4 Å². The second-order valence-electron chi connectivity index (χ2n) is 5.56. The van der Waals surface area contributed by atoms with Gasteiger partial charge in [0, 0.05) is 11.6 Å². The van der Waals surface area contributed by atoms with Crippen LogP contribution in [0.25, 0.3) is 0 Å². The van der Waals surface area contributed by atoms with Crippen molar-refractivity contribution in [3.63, 3.8) is 0 Å². The molecule has 0 aliphatic carbocycles. The van der Waals surface area contributed by atoms with E-state index in [9.17, 15) is 13.2 Å². The molecule has 0 saturated carbocycles. The zero-order valence-corrected chi connectivity index (χ0v) is 16.6. The molecule has 0 atom stereocenters. The normalized spacial score (nSPS) is 10.9. The van der Waals surface area contributed by atoms with Crippen molar-refractivity contribution in [2.75, 3.05) is 13.7 Å². The van der Waals surface area contributed by atoms with E-state index in [4.69, 9.17) is 9.84 Å². The Morgan fingerprint density at radius 2 is 1.69 bits per heavy atom. The smallest absolute Gasteiger partial charge is 0.200 e. The summed E-state index contributed by atoms with van der Waals surface area (Å²) in [5, 5.41) is 9.13. The van der Waals surface area contributed by atoms with Gasteiger partial charge < -0.3 is 14.6 Å². The fourth-order valence-corrected chi connectivity index (χ4v) is 1.63. The van der Waals surface area contributed by atoms with Crippen molar-refractivity contribution in [3.05, 3.63) is 109 Å². The van der Waals surface area contributed by atoms with Crippen LogP contribution in [0.3, 0.4) is 0 Å². The van der Waals surface area contributed by atoms with E-state index in [1.165, 1.54) is 24.3 Å². The molecule has 0 aromatic heterocycles. The van der Waals surface area contributed by atoms with Gasteiger partial charge in [-0.2, -0.15) is 4.39 Å². The van der Waals surface area contributed by atoms with Gasteiger partial charge in [-0.25, -0.2) is 8.78 Å². The van der Waals surface area contributed by atoms with Crippen molar-refractivity contribution < 1.29 is 27.8 Å². The van der Waals surface area contributed by atoms with Crippen LogP contribution in [0.4, 0.5) is 13.2 Å².